The van der Waals surface area contributed by atoms with Gasteiger partial charge < -0.3 is 5.32 Å². The van der Waals surface area contributed by atoms with Crippen molar-refractivity contribution in [3.63, 3.8) is 0 Å². The zero-order chi connectivity index (χ0) is 14.7. The van der Waals surface area contributed by atoms with Crippen LogP contribution in [0.4, 0.5) is 5.95 Å². The van der Waals surface area contributed by atoms with Crippen molar-refractivity contribution >= 4 is 34.9 Å². The molecule has 0 spiro atoms. The number of rotatable bonds is 4. The number of anilines is 1. The number of ketones is 1. The van der Waals surface area contributed by atoms with Crippen LogP contribution in [0.25, 0.3) is 0 Å². The summed E-state index contributed by atoms with van der Waals surface area (Å²) in [6.07, 6.45) is 1.53. The highest BCUT2D eigenvalue weighted by Gasteiger charge is 2.07. The Bertz CT molecular complexity index is 659. The number of Topliss-reactive ketones (excluding diaryl/α,β-unsaturated/α-hetero) is 1. The standard InChI is InChI=1S/C14H13Cl2N3O/c1-8-11(9(2)20)7-18-14(19-8)17-6-10-3-4-12(15)13(16)5-10/h3-5,7H,6H2,1-2H3,(H,17,18,19). The molecule has 0 amide bonds. The molecule has 20 heavy (non-hydrogen) atoms. The van der Waals surface area contributed by atoms with Crippen LogP contribution >= 0.6 is 23.2 Å². The van der Waals surface area contributed by atoms with Crippen molar-refractivity contribution in [3.8, 4) is 0 Å². The molecule has 2 aromatic rings. The number of nitrogens with one attached hydrogen (secondary N) is 1. The molecule has 2 rings (SSSR count). The second-order valence-electron chi connectivity index (χ2n) is 4.35. The minimum Gasteiger partial charge on any atom is -0.350 e. The first-order valence-corrected chi connectivity index (χ1v) is 6.75. The first-order valence-electron chi connectivity index (χ1n) is 5.99. The van der Waals surface area contributed by atoms with Crippen molar-refractivity contribution in [2.45, 2.75) is 20.4 Å². The molecule has 0 unspecified atom stereocenters. The van der Waals surface area contributed by atoms with Crippen LogP contribution in [0.5, 0.6) is 0 Å². The van der Waals surface area contributed by atoms with Crippen molar-refractivity contribution < 1.29 is 4.79 Å². The minimum absolute atomic E-state index is 0.0430. The number of aryl methyl sites for hydroxylation is 1. The van der Waals surface area contributed by atoms with Crippen molar-refractivity contribution in [2.24, 2.45) is 0 Å². The number of aromatic nitrogens is 2. The van der Waals surface area contributed by atoms with E-state index in [0.717, 1.165) is 5.56 Å². The summed E-state index contributed by atoms with van der Waals surface area (Å²) in [5.74, 6) is 0.428. The fourth-order valence-electron chi connectivity index (χ4n) is 1.73. The van der Waals surface area contributed by atoms with Crippen molar-refractivity contribution in [1.82, 2.24) is 9.97 Å². The van der Waals surface area contributed by atoms with Crippen molar-refractivity contribution in [2.75, 3.05) is 5.32 Å². The highest BCUT2D eigenvalue weighted by atomic mass is 35.5. The van der Waals surface area contributed by atoms with Gasteiger partial charge in [-0.15, -0.1) is 0 Å². The van der Waals surface area contributed by atoms with Crippen molar-refractivity contribution in [3.05, 3.63) is 51.3 Å². The number of carbonyl (C=O) groups is 1. The lowest BCUT2D eigenvalue weighted by Gasteiger charge is -2.08. The molecule has 1 aromatic carbocycles. The smallest absolute Gasteiger partial charge is 0.223 e. The monoisotopic (exact) mass is 309 g/mol. The lowest BCUT2D eigenvalue weighted by Crippen LogP contribution is -2.07. The van der Waals surface area contributed by atoms with E-state index in [0.29, 0.717) is 33.8 Å². The van der Waals surface area contributed by atoms with E-state index in [1.807, 2.05) is 6.07 Å². The van der Waals surface area contributed by atoms with E-state index in [2.05, 4.69) is 15.3 Å². The van der Waals surface area contributed by atoms with Gasteiger partial charge in [0.25, 0.3) is 0 Å². The molecule has 0 atom stereocenters. The average molecular weight is 310 g/mol. The quantitative estimate of drug-likeness (QED) is 0.870. The molecule has 0 bridgehead atoms. The Morgan fingerprint density at radius 1 is 1.30 bits per heavy atom. The highest BCUT2D eigenvalue weighted by Crippen LogP contribution is 2.22. The Balaban J connectivity index is 2.09. The topological polar surface area (TPSA) is 54.9 Å². The van der Waals surface area contributed by atoms with Crippen LogP contribution in [0.3, 0.4) is 0 Å². The van der Waals surface area contributed by atoms with Gasteiger partial charge in [-0.05, 0) is 31.5 Å². The van der Waals surface area contributed by atoms with E-state index in [9.17, 15) is 4.79 Å². The van der Waals surface area contributed by atoms with E-state index in [1.165, 1.54) is 13.1 Å². The zero-order valence-electron chi connectivity index (χ0n) is 11.1. The van der Waals surface area contributed by atoms with Gasteiger partial charge in [0.05, 0.1) is 21.3 Å². The van der Waals surface area contributed by atoms with Crippen LogP contribution in [0.2, 0.25) is 10.0 Å². The highest BCUT2D eigenvalue weighted by molar-refractivity contribution is 6.42. The summed E-state index contributed by atoms with van der Waals surface area (Å²) in [6, 6.07) is 5.40. The number of halogens is 2. The molecule has 0 aliphatic heterocycles. The molecule has 0 aliphatic carbocycles. The molecule has 104 valence electrons. The number of benzene rings is 1. The predicted molar refractivity (Wildman–Crippen MR) is 80.6 cm³/mol. The molecule has 1 heterocycles. The average Bonchev–Trinajstić information content (AvgIpc) is 2.40. The third-order valence-corrected chi connectivity index (χ3v) is 3.53. The third kappa shape index (κ3) is 3.46. The SMILES string of the molecule is CC(=O)c1cnc(NCc2ccc(Cl)c(Cl)c2)nc1C. The Morgan fingerprint density at radius 2 is 2.05 bits per heavy atom. The number of nitrogens with zero attached hydrogens (tertiary/aromatic N) is 2. The summed E-state index contributed by atoms with van der Waals surface area (Å²) in [5, 5.41) is 4.11. The van der Waals surface area contributed by atoms with E-state index in [-0.39, 0.29) is 5.78 Å². The Hall–Kier alpha value is -1.65. The Kier molecular flexibility index (Phi) is 4.57. The first-order chi connectivity index (χ1) is 9.47. The third-order valence-electron chi connectivity index (χ3n) is 2.79. The van der Waals surface area contributed by atoms with E-state index in [4.69, 9.17) is 23.2 Å². The summed E-state index contributed by atoms with van der Waals surface area (Å²) in [7, 11) is 0. The molecular formula is C14H13Cl2N3O. The van der Waals surface area contributed by atoms with Crippen LogP contribution in [0.1, 0.15) is 28.5 Å². The summed E-state index contributed by atoms with van der Waals surface area (Å²) < 4.78 is 0. The molecule has 0 saturated carbocycles. The van der Waals surface area contributed by atoms with Crippen molar-refractivity contribution in [1.29, 1.82) is 0 Å². The maximum Gasteiger partial charge on any atom is 0.223 e. The second kappa shape index (κ2) is 6.20. The van der Waals surface area contributed by atoms with Gasteiger partial charge >= 0.3 is 0 Å². The molecule has 0 radical (unpaired) electrons. The van der Waals surface area contributed by atoms with Gasteiger partial charge in [-0.3, -0.25) is 4.79 Å². The van der Waals surface area contributed by atoms with Crippen LogP contribution in [-0.2, 0) is 6.54 Å². The first kappa shape index (κ1) is 14.8. The summed E-state index contributed by atoms with van der Waals surface area (Å²) in [4.78, 5) is 19.7. The molecule has 6 heteroatoms. The number of hydrogen-bond acceptors (Lipinski definition) is 4. The summed E-state index contributed by atoms with van der Waals surface area (Å²) in [5.41, 5.74) is 2.16. The largest absolute Gasteiger partial charge is 0.350 e. The van der Waals surface area contributed by atoms with Crippen LogP contribution in [0, 0.1) is 6.92 Å². The normalized spacial score (nSPS) is 10.4. The van der Waals surface area contributed by atoms with E-state index < -0.39 is 0 Å². The van der Waals surface area contributed by atoms with Gasteiger partial charge in [0.15, 0.2) is 5.78 Å². The maximum atomic E-state index is 11.3. The van der Waals surface area contributed by atoms with Gasteiger partial charge in [0, 0.05) is 12.7 Å². The van der Waals surface area contributed by atoms with Crippen LogP contribution < -0.4 is 5.32 Å². The lowest BCUT2D eigenvalue weighted by atomic mass is 10.2. The predicted octanol–water partition coefficient (Wildman–Crippen LogP) is 3.91. The van der Waals surface area contributed by atoms with Gasteiger partial charge in [-0.25, -0.2) is 9.97 Å². The number of carbonyl (C=O) groups excluding carboxylic acids is 1. The Morgan fingerprint density at radius 3 is 2.65 bits per heavy atom. The second-order valence-corrected chi connectivity index (χ2v) is 5.17. The lowest BCUT2D eigenvalue weighted by molar-refractivity contribution is 0.101. The van der Waals surface area contributed by atoms with Crippen LogP contribution in [-0.4, -0.2) is 15.8 Å². The number of hydrogen-bond donors (Lipinski definition) is 1. The molecule has 1 N–H and O–H groups in total. The fraction of sp³-hybridized carbons (Fsp3) is 0.214. The summed E-state index contributed by atoms with van der Waals surface area (Å²) >= 11 is 11.8. The Labute approximate surface area is 127 Å². The molecule has 0 saturated heterocycles. The molecular weight excluding hydrogens is 297 g/mol. The van der Waals surface area contributed by atoms with E-state index in [1.54, 1.807) is 19.1 Å². The summed E-state index contributed by atoms with van der Waals surface area (Å²) in [6.45, 7) is 3.80. The molecule has 1 aromatic heterocycles. The maximum absolute atomic E-state index is 11.3. The minimum atomic E-state index is -0.0430. The van der Waals surface area contributed by atoms with Gasteiger partial charge in [0.2, 0.25) is 5.95 Å². The van der Waals surface area contributed by atoms with Gasteiger partial charge in [-0.2, -0.15) is 0 Å². The van der Waals surface area contributed by atoms with Gasteiger partial charge in [-0.1, -0.05) is 29.3 Å². The van der Waals surface area contributed by atoms with Gasteiger partial charge in [0.1, 0.15) is 0 Å². The fourth-order valence-corrected chi connectivity index (χ4v) is 2.05. The molecule has 0 fully saturated rings. The molecule has 0 aliphatic rings. The van der Waals surface area contributed by atoms with E-state index >= 15 is 0 Å². The van der Waals surface area contributed by atoms with Crippen LogP contribution in [0.15, 0.2) is 24.4 Å². The molecule has 4 nitrogen and oxygen atoms in total. The zero-order valence-corrected chi connectivity index (χ0v) is 12.6.